The third kappa shape index (κ3) is 2.50. The average Bonchev–Trinajstić information content (AvgIpc) is 2.77. The standard InChI is InChI=1S/C11H8BrF3N2O/c1-18-9-3-2-6(4-7(9)13)8-5-10(17-16-8)11(12,14)15/h2-5H,1H3,(H,16,17). The molecule has 1 heterocycles. The number of H-pyrrole nitrogens is 1. The molecule has 0 aliphatic rings. The Kier molecular flexibility index (Phi) is 3.34. The van der Waals surface area contributed by atoms with E-state index in [0.717, 1.165) is 6.07 Å². The summed E-state index contributed by atoms with van der Waals surface area (Å²) < 4.78 is 44.1. The van der Waals surface area contributed by atoms with Gasteiger partial charge >= 0.3 is 4.83 Å². The molecule has 2 aromatic rings. The van der Waals surface area contributed by atoms with Crippen molar-refractivity contribution in [3.8, 4) is 17.0 Å². The average molecular weight is 321 g/mol. The SMILES string of the molecule is COc1ccc(-c2cc(C(F)(F)Br)[nH]n2)cc1F. The molecule has 0 unspecified atom stereocenters. The minimum absolute atomic E-state index is 0.0836. The monoisotopic (exact) mass is 320 g/mol. The molecule has 0 atom stereocenters. The summed E-state index contributed by atoms with van der Waals surface area (Å²) in [6, 6.07) is 5.26. The van der Waals surface area contributed by atoms with Gasteiger partial charge in [-0.05, 0) is 40.2 Å². The van der Waals surface area contributed by atoms with Crippen molar-refractivity contribution in [1.82, 2.24) is 10.2 Å². The molecule has 0 bridgehead atoms. The van der Waals surface area contributed by atoms with Crippen molar-refractivity contribution in [3.05, 3.63) is 35.8 Å². The van der Waals surface area contributed by atoms with Gasteiger partial charge in [0, 0.05) is 5.56 Å². The highest BCUT2D eigenvalue weighted by atomic mass is 79.9. The number of methoxy groups -OCH3 is 1. The van der Waals surface area contributed by atoms with Crippen LogP contribution in [0.15, 0.2) is 24.3 Å². The minimum atomic E-state index is -3.19. The van der Waals surface area contributed by atoms with Gasteiger partial charge in [0.05, 0.1) is 12.8 Å². The first-order chi connectivity index (χ1) is 8.41. The maximum atomic E-state index is 13.5. The van der Waals surface area contributed by atoms with Crippen molar-refractivity contribution < 1.29 is 17.9 Å². The van der Waals surface area contributed by atoms with E-state index in [1.54, 1.807) is 0 Å². The topological polar surface area (TPSA) is 37.9 Å². The van der Waals surface area contributed by atoms with Crippen molar-refractivity contribution in [2.45, 2.75) is 4.83 Å². The number of nitrogens with one attached hydrogen (secondary N) is 1. The van der Waals surface area contributed by atoms with E-state index >= 15 is 0 Å². The number of hydrogen-bond acceptors (Lipinski definition) is 2. The zero-order valence-electron chi connectivity index (χ0n) is 9.18. The molecule has 2 rings (SSSR count). The van der Waals surface area contributed by atoms with E-state index in [0.29, 0.717) is 5.56 Å². The van der Waals surface area contributed by atoms with E-state index in [9.17, 15) is 13.2 Å². The van der Waals surface area contributed by atoms with Gasteiger partial charge in [-0.15, -0.1) is 0 Å². The third-order valence-corrected chi connectivity index (χ3v) is 2.76. The lowest BCUT2D eigenvalue weighted by atomic mass is 10.1. The van der Waals surface area contributed by atoms with Crippen molar-refractivity contribution in [2.75, 3.05) is 7.11 Å². The summed E-state index contributed by atoms with van der Waals surface area (Å²) in [6.07, 6.45) is 0. The molecular formula is C11H8BrF3N2O. The lowest BCUT2D eigenvalue weighted by molar-refractivity contribution is 0.109. The Labute approximate surface area is 109 Å². The number of ether oxygens (including phenoxy) is 1. The zero-order valence-corrected chi connectivity index (χ0v) is 10.8. The fourth-order valence-corrected chi connectivity index (χ4v) is 1.64. The second-order valence-electron chi connectivity index (χ2n) is 3.51. The predicted molar refractivity (Wildman–Crippen MR) is 63.4 cm³/mol. The number of rotatable bonds is 3. The van der Waals surface area contributed by atoms with Crippen LogP contribution in [0.25, 0.3) is 11.3 Å². The molecule has 7 heteroatoms. The summed E-state index contributed by atoms with van der Waals surface area (Å²) in [7, 11) is 1.34. The Hall–Kier alpha value is -1.50. The molecule has 0 fully saturated rings. The summed E-state index contributed by atoms with van der Waals surface area (Å²) >= 11 is 2.21. The van der Waals surface area contributed by atoms with Crippen LogP contribution in [-0.2, 0) is 4.83 Å². The first-order valence-corrected chi connectivity index (χ1v) is 5.67. The molecule has 0 amide bonds. The van der Waals surface area contributed by atoms with Gasteiger partial charge in [0.25, 0.3) is 0 Å². The predicted octanol–water partition coefficient (Wildman–Crippen LogP) is 3.67. The molecule has 0 aliphatic carbocycles. The highest BCUT2D eigenvalue weighted by Gasteiger charge is 2.29. The Morgan fingerprint density at radius 2 is 2.06 bits per heavy atom. The molecule has 1 aromatic heterocycles. The molecule has 1 aromatic carbocycles. The van der Waals surface area contributed by atoms with E-state index in [2.05, 4.69) is 26.1 Å². The van der Waals surface area contributed by atoms with Gasteiger partial charge in [-0.2, -0.15) is 13.9 Å². The van der Waals surface area contributed by atoms with Crippen LogP contribution in [0.4, 0.5) is 13.2 Å². The first kappa shape index (κ1) is 12.9. The Morgan fingerprint density at radius 1 is 1.33 bits per heavy atom. The highest BCUT2D eigenvalue weighted by molar-refractivity contribution is 9.09. The molecule has 1 N–H and O–H groups in total. The van der Waals surface area contributed by atoms with Crippen LogP contribution in [0, 0.1) is 5.82 Å². The molecule has 18 heavy (non-hydrogen) atoms. The second-order valence-corrected chi connectivity index (χ2v) is 4.51. The number of nitrogens with zero attached hydrogens (tertiary/aromatic N) is 1. The lowest BCUT2D eigenvalue weighted by Gasteiger charge is -2.03. The van der Waals surface area contributed by atoms with E-state index in [4.69, 9.17) is 4.74 Å². The molecule has 0 saturated carbocycles. The Morgan fingerprint density at radius 3 is 2.56 bits per heavy atom. The number of halogens is 4. The summed E-state index contributed by atoms with van der Waals surface area (Å²) in [5.41, 5.74) is 0.215. The van der Waals surface area contributed by atoms with Gasteiger partial charge in [0.2, 0.25) is 0 Å². The molecule has 0 saturated heterocycles. The number of benzene rings is 1. The van der Waals surface area contributed by atoms with Gasteiger partial charge in [0.1, 0.15) is 5.69 Å². The summed E-state index contributed by atoms with van der Waals surface area (Å²) in [6.45, 7) is 0. The van der Waals surface area contributed by atoms with Crippen LogP contribution in [0.2, 0.25) is 0 Å². The van der Waals surface area contributed by atoms with Crippen LogP contribution < -0.4 is 4.74 Å². The molecule has 0 aliphatic heterocycles. The molecule has 0 radical (unpaired) electrons. The van der Waals surface area contributed by atoms with E-state index in [1.807, 2.05) is 0 Å². The Bertz CT molecular complexity index is 566. The van der Waals surface area contributed by atoms with E-state index in [1.165, 1.54) is 25.3 Å². The zero-order chi connectivity index (χ0) is 13.3. The van der Waals surface area contributed by atoms with Crippen LogP contribution >= 0.6 is 15.9 Å². The number of aromatic amines is 1. The van der Waals surface area contributed by atoms with Gasteiger partial charge in [-0.25, -0.2) is 4.39 Å². The smallest absolute Gasteiger partial charge is 0.342 e. The van der Waals surface area contributed by atoms with Gasteiger partial charge < -0.3 is 4.74 Å². The van der Waals surface area contributed by atoms with E-state index < -0.39 is 16.3 Å². The summed E-state index contributed by atoms with van der Waals surface area (Å²) in [4.78, 5) is -3.19. The number of aromatic nitrogens is 2. The van der Waals surface area contributed by atoms with Crippen LogP contribution in [0.5, 0.6) is 5.75 Å². The third-order valence-electron chi connectivity index (χ3n) is 2.33. The lowest BCUT2D eigenvalue weighted by Crippen LogP contribution is -2.02. The van der Waals surface area contributed by atoms with E-state index in [-0.39, 0.29) is 11.4 Å². The van der Waals surface area contributed by atoms with Gasteiger partial charge in [-0.3, -0.25) is 5.10 Å². The van der Waals surface area contributed by atoms with Crippen LogP contribution in [0.3, 0.4) is 0 Å². The highest BCUT2D eigenvalue weighted by Crippen LogP contribution is 2.35. The molecule has 3 nitrogen and oxygen atoms in total. The molecule has 96 valence electrons. The van der Waals surface area contributed by atoms with Crippen molar-refractivity contribution >= 4 is 15.9 Å². The van der Waals surface area contributed by atoms with Crippen molar-refractivity contribution in [1.29, 1.82) is 0 Å². The largest absolute Gasteiger partial charge is 0.494 e. The van der Waals surface area contributed by atoms with Crippen LogP contribution in [-0.4, -0.2) is 17.3 Å². The number of hydrogen-bond donors (Lipinski definition) is 1. The summed E-state index contributed by atoms with van der Waals surface area (Å²) in [5.74, 6) is -0.495. The first-order valence-electron chi connectivity index (χ1n) is 4.88. The molecule has 0 spiro atoms. The normalized spacial score (nSPS) is 11.6. The van der Waals surface area contributed by atoms with Gasteiger partial charge in [-0.1, -0.05) is 0 Å². The van der Waals surface area contributed by atoms with Crippen molar-refractivity contribution in [2.24, 2.45) is 0 Å². The summed E-state index contributed by atoms with van der Waals surface area (Å²) in [5, 5.41) is 5.90. The van der Waals surface area contributed by atoms with Crippen LogP contribution in [0.1, 0.15) is 5.69 Å². The maximum absolute atomic E-state index is 13.5. The quantitative estimate of drug-likeness (QED) is 0.876. The second kappa shape index (κ2) is 4.64. The maximum Gasteiger partial charge on any atom is 0.342 e. The molecular weight excluding hydrogens is 313 g/mol. The fourth-order valence-electron chi connectivity index (χ4n) is 1.44. The van der Waals surface area contributed by atoms with Crippen molar-refractivity contribution in [3.63, 3.8) is 0 Å². The van der Waals surface area contributed by atoms with Gasteiger partial charge in [0.15, 0.2) is 11.6 Å². The minimum Gasteiger partial charge on any atom is -0.494 e. The number of alkyl halides is 3. The fraction of sp³-hybridized carbons (Fsp3) is 0.182. The Balaban J connectivity index is 2.38.